The van der Waals surface area contributed by atoms with E-state index < -0.39 is 5.60 Å². The SMILES string of the molecule is COc1cccc(OC2CN(C(=O)NCCC3(O)CCCC3)C2)c1. The van der Waals surface area contributed by atoms with Gasteiger partial charge in [-0.15, -0.1) is 0 Å². The third-order valence-corrected chi connectivity index (χ3v) is 4.88. The average Bonchev–Trinajstić information content (AvgIpc) is 2.97. The number of methoxy groups -OCH3 is 1. The summed E-state index contributed by atoms with van der Waals surface area (Å²) in [6, 6.07) is 7.39. The van der Waals surface area contributed by atoms with Gasteiger partial charge in [-0.2, -0.15) is 0 Å². The van der Waals surface area contributed by atoms with Crippen molar-refractivity contribution in [1.82, 2.24) is 10.2 Å². The van der Waals surface area contributed by atoms with E-state index in [0.717, 1.165) is 37.2 Å². The monoisotopic (exact) mass is 334 g/mol. The molecule has 1 heterocycles. The number of ether oxygens (including phenoxy) is 2. The molecule has 0 unspecified atom stereocenters. The van der Waals surface area contributed by atoms with Gasteiger partial charge in [0.05, 0.1) is 25.8 Å². The number of amides is 2. The van der Waals surface area contributed by atoms with E-state index in [1.165, 1.54) is 0 Å². The first kappa shape index (κ1) is 16.9. The number of hydrogen-bond acceptors (Lipinski definition) is 4. The Labute approximate surface area is 142 Å². The van der Waals surface area contributed by atoms with Crippen LogP contribution >= 0.6 is 0 Å². The summed E-state index contributed by atoms with van der Waals surface area (Å²) in [5.41, 5.74) is -0.569. The summed E-state index contributed by atoms with van der Waals surface area (Å²) in [5, 5.41) is 13.2. The zero-order valence-corrected chi connectivity index (χ0v) is 14.2. The van der Waals surface area contributed by atoms with Crippen molar-refractivity contribution in [3.63, 3.8) is 0 Å². The number of carbonyl (C=O) groups excluding carboxylic acids is 1. The summed E-state index contributed by atoms with van der Waals surface area (Å²) in [4.78, 5) is 13.8. The second-order valence-corrected chi connectivity index (χ2v) is 6.74. The highest BCUT2D eigenvalue weighted by Crippen LogP contribution is 2.31. The summed E-state index contributed by atoms with van der Waals surface area (Å²) >= 11 is 0. The second-order valence-electron chi connectivity index (χ2n) is 6.74. The molecular weight excluding hydrogens is 308 g/mol. The van der Waals surface area contributed by atoms with Crippen molar-refractivity contribution >= 4 is 6.03 Å². The van der Waals surface area contributed by atoms with Gasteiger partial charge in [0.2, 0.25) is 0 Å². The van der Waals surface area contributed by atoms with Gasteiger partial charge in [0.1, 0.15) is 17.6 Å². The number of benzene rings is 1. The number of likely N-dealkylation sites (tertiary alicyclic amines) is 1. The molecule has 3 rings (SSSR count). The molecule has 2 aliphatic rings. The lowest BCUT2D eigenvalue weighted by Gasteiger charge is -2.39. The molecule has 1 aromatic carbocycles. The molecule has 24 heavy (non-hydrogen) atoms. The Balaban J connectivity index is 1.35. The number of carbonyl (C=O) groups is 1. The lowest BCUT2D eigenvalue weighted by atomic mass is 9.98. The summed E-state index contributed by atoms with van der Waals surface area (Å²) in [6.45, 7) is 1.67. The number of aliphatic hydroxyl groups is 1. The fourth-order valence-electron chi connectivity index (χ4n) is 3.34. The van der Waals surface area contributed by atoms with Crippen LogP contribution in [0.1, 0.15) is 32.1 Å². The van der Waals surface area contributed by atoms with Crippen LogP contribution in [0.3, 0.4) is 0 Å². The van der Waals surface area contributed by atoms with Crippen LogP contribution in [0.4, 0.5) is 4.79 Å². The maximum atomic E-state index is 12.1. The molecule has 132 valence electrons. The molecule has 0 atom stereocenters. The van der Waals surface area contributed by atoms with Crippen LogP contribution in [-0.2, 0) is 0 Å². The fourth-order valence-corrected chi connectivity index (χ4v) is 3.34. The van der Waals surface area contributed by atoms with E-state index in [1.807, 2.05) is 24.3 Å². The zero-order valence-electron chi connectivity index (χ0n) is 14.2. The quantitative estimate of drug-likeness (QED) is 0.836. The highest BCUT2D eigenvalue weighted by atomic mass is 16.5. The van der Waals surface area contributed by atoms with Gasteiger partial charge in [0.15, 0.2) is 0 Å². The molecular formula is C18H26N2O4. The minimum Gasteiger partial charge on any atom is -0.497 e. The molecule has 1 saturated heterocycles. The van der Waals surface area contributed by atoms with Gasteiger partial charge in [-0.25, -0.2) is 4.79 Å². The molecule has 2 N–H and O–H groups in total. The number of nitrogens with zero attached hydrogens (tertiary/aromatic N) is 1. The van der Waals surface area contributed by atoms with Crippen molar-refractivity contribution < 1.29 is 19.4 Å². The maximum Gasteiger partial charge on any atom is 0.317 e. The molecule has 0 spiro atoms. The minimum absolute atomic E-state index is 0.0156. The average molecular weight is 334 g/mol. The summed E-state index contributed by atoms with van der Waals surface area (Å²) in [7, 11) is 1.62. The third-order valence-electron chi connectivity index (χ3n) is 4.88. The van der Waals surface area contributed by atoms with E-state index in [9.17, 15) is 9.90 Å². The number of urea groups is 1. The van der Waals surface area contributed by atoms with Crippen LogP contribution in [0.5, 0.6) is 11.5 Å². The Morgan fingerprint density at radius 1 is 1.33 bits per heavy atom. The molecule has 1 aromatic rings. The van der Waals surface area contributed by atoms with Crippen LogP contribution in [-0.4, -0.2) is 54.5 Å². The van der Waals surface area contributed by atoms with Crippen LogP contribution < -0.4 is 14.8 Å². The Bertz CT molecular complexity index is 566. The van der Waals surface area contributed by atoms with Gasteiger partial charge >= 0.3 is 6.03 Å². The Morgan fingerprint density at radius 2 is 2.04 bits per heavy atom. The predicted molar refractivity (Wildman–Crippen MR) is 90.4 cm³/mol. The Hall–Kier alpha value is -1.95. The van der Waals surface area contributed by atoms with Gasteiger partial charge in [0.25, 0.3) is 0 Å². The van der Waals surface area contributed by atoms with Crippen molar-refractivity contribution in [3.8, 4) is 11.5 Å². The highest BCUT2D eigenvalue weighted by Gasteiger charge is 2.34. The van der Waals surface area contributed by atoms with Gasteiger partial charge in [-0.05, 0) is 31.4 Å². The van der Waals surface area contributed by atoms with Crippen molar-refractivity contribution in [1.29, 1.82) is 0 Å². The maximum absolute atomic E-state index is 12.1. The van der Waals surface area contributed by atoms with E-state index in [0.29, 0.717) is 26.1 Å². The lowest BCUT2D eigenvalue weighted by molar-refractivity contribution is 0.0337. The van der Waals surface area contributed by atoms with Gasteiger partial charge in [-0.3, -0.25) is 0 Å². The first-order chi connectivity index (χ1) is 11.6. The lowest BCUT2D eigenvalue weighted by Crippen LogP contribution is -2.59. The van der Waals surface area contributed by atoms with E-state index >= 15 is 0 Å². The third kappa shape index (κ3) is 4.12. The van der Waals surface area contributed by atoms with Crippen LogP contribution in [0.15, 0.2) is 24.3 Å². The van der Waals surface area contributed by atoms with Gasteiger partial charge in [-0.1, -0.05) is 18.9 Å². The molecule has 6 nitrogen and oxygen atoms in total. The van der Waals surface area contributed by atoms with Crippen molar-refractivity contribution in [3.05, 3.63) is 24.3 Å². The number of hydrogen-bond donors (Lipinski definition) is 2. The van der Waals surface area contributed by atoms with Crippen LogP contribution in [0, 0.1) is 0 Å². The smallest absolute Gasteiger partial charge is 0.317 e. The highest BCUT2D eigenvalue weighted by molar-refractivity contribution is 5.75. The first-order valence-electron chi connectivity index (χ1n) is 8.64. The standard InChI is InChI=1S/C18H26N2O4/c1-23-14-5-4-6-15(11-14)24-16-12-20(13-16)17(21)19-10-9-18(22)7-2-3-8-18/h4-6,11,16,22H,2-3,7-10,12-13H2,1H3,(H,19,21). The van der Waals surface area contributed by atoms with E-state index in [1.54, 1.807) is 12.0 Å². The largest absolute Gasteiger partial charge is 0.497 e. The molecule has 0 bridgehead atoms. The Morgan fingerprint density at radius 3 is 2.75 bits per heavy atom. The molecule has 6 heteroatoms. The number of rotatable bonds is 6. The van der Waals surface area contributed by atoms with Crippen LogP contribution in [0.2, 0.25) is 0 Å². The van der Waals surface area contributed by atoms with Crippen LogP contribution in [0.25, 0.3) is 0 Å². The zero-order chi connectivity index (χ0) is 17.0. The first-order valence-corrected chi connectivity index (χ1v) is 8.64. The number of nitrogens with one attached hydrogen (secondary N) is 1. The summed E-state index contributed by atoms with van der Waals surface area (Å²) < 4.78 is 11.0. The summed E-state index contributed by atoms with van der Waals surface area (Å²) in [5.74, 6) is 1.51. The summed E-state index contributed by atoms with van der Waals surface area (Å²) in [6.07, 6.45) is 4.52. The normalized spacial score (nSPS) is 19.7. The van der Waals surface area contributed by atoms with Crippen molar-refractivity contribution in [2.75, 3.05) is 26.7 Å². The molecule has 2 amide bonds. The molecule has 1 saturated carbocycles. The predicted octanol–water partition coefficient (Wildman–Crippen LogP) is 2.16. The fraction of sp³-hybridized carbons (Fsp3) is 0.611. The van der Waals surface area contributed by atoms with Gasteiger partial charge < -0.3 is 24.8 Å². The Kier molecular flexibility index (Phi) is 5.14. The topological polar surface area (TPSA) is 71.0 Å². The van der Waals surface area contributed by atoms with Crippen molar-refractivity contribution in [2.24, 2.45) is 0 Å². The van der Waals surface area contributed by atoms with E-state index in [-0.39, 0.29) is 12.1 Å². The molecule has 0 radical (unpaired) electrons. The van der Waals surface area contributed by atoms with E-state index in [4.69, 9.17) is 9.47 Å². The molecule has 1 aliphatic heterocycles. The minimum atomic E-state index is -0.569. The van der Waals surface area contributed by atoms with Gasteiger partial charge in [0, 0.05) is 12.6 Å². The molecule has 0 aromatic heterocycles. The molecule has 1 aliphatic carbocycles. The molecule has 2 fully saturated rings. The second kappa shape index (κ2) is 7.30. The van der Waals surface area contributed by atoms with Crippen molar-refractivity contribution in [2.45, 2.75) is 43.8 Å². The van der Waals surface area contributed by atoms with E-state index in [2.05, 4.69) is 5.32 Å².